The summed E-state index contributed by atoms with van der Waals surface area (Å²) in [7, 11) is 0. The number of allylic oxidation sites excluding steroid dienone is 3. The number of halogens is 1. The first-order chi connectivity index (χ1) is 12.2. The number of hydrogen-bond donors (Lipinski definition) is 0. The van der Waals surface area contributed by atoms with E-state index in [0.717, 1.165) is 33.4 Å². The van der Waals surface area contributed by atoms with E-state index in [2.05, 4.69) is 0 Å². The van der Waals surface area contributed by atoms with E-state index in [0.29, 0.717) is 5.02 Å². The molecular formula is C23H15ClO. The molecule has 1 aliphatic rings. The minimum atomic E-state index is 0.0833. The second kappa shape index (κ2) is 6.54. The molecule has 120 valence electrons. The Bertz CT molecular complexity index is 981. The van der Waals surface area contributed by atoms with Crippen LogP contribution in [0, 0.1) is 0 Å². The molecule has 0 N–H and O–H groups in total. The van der Waals surface area contributed by atoms with Gasteiger partial charge < -0.3 is 0 Å². The molecule has 0 radical (unpaired) electrons. The topological polar surface area (TPSA) is 17.1 Å². The number of benzene rings is 3. The Morgan fingerprint density at radius 3 is 1.72 bits per heavy atom. The van der Waals surface area contributed by atoms with Crippen molar-refractivity contribution in [1.82, 2.24) is 0 Å². The molecule has 0 saturated heterocycles. The van der Waals surface area contributed by atoms with Crippen molar-refractivity contribution in [1.29, 1.82) is 0 Å². The molecule has 0 amide bonds. The van der Waals surface area contributed by atoms with Gasteiger partial charge in [0, 0.05) is 21.7 Å². The molecule has 0 unspecified atom stereocenters. The second-order valence-electron chi connectivity index (χ2n) is 5.92. The lowest BCUT2D eigenvalue weighted by Crippen LogP contribution is -2.20. The molecule has 2 heteroatoms. The summed E-state index contributed by atoms with van der Waals surface area (Å²) in [4.78, 5) is 12.9. The minimum Gasteiger partial charge on any atom is -0.289 e. The first kappa shape index (κ1) is 15.6. The van der Waals surface area contributed by atoms with Crippen LogP contribution in [0.3, 0.4) is 0 Å². The van der Waals surface area contributed by atoms with Crippen molar-refractivity contribution in [2.24, 2.45) is 0 Å². The van der Waals surface area contributed by atoms with Gasteiger partial charge in [0.1, 0.15) is 0 Å². The quantitative estimate of drug-likeness (QED) is 0.540. The molecule has 3 aromatic carbocycles. The van der Waals surface area contributed by atoms with Gasteiger partial charge >= 0.3 is 0 Å². The van der Waals surface area contributed by atoms with Gasteiger partial charge in [-0.25, -0.2) is 0 Å². The third kappa shape index (κ3) is 2.95. The highest BCUT2D eigenvalue weighted by Gasteiger charge is 2.34. The molecule has 1 aliphatic carbocycles. The van der Waals surface area contributed by atoms with Gasteiger partial charge in [-0.2, -0.15) is 0 Å². The van der Waals surface area contributed by atoms with Crippen LogP contribution in [0.25, 0.3) is 17.2 Å². The maximum atomic E-state index is 12.9. The number of rotatable bonds is 3. The Morgan fingerprint density at radius 1 is 0.640 bits per heavy atom. The van der Waals surface area contributed by atoms with E-state index >= 15 is 0 Å². The van der Waals surface area contributed by atoms with Crippen LogP contribution in [0.2, 0.25) is 5.02 Å². The third-order valence-corrected chi connectivity index (χ3v) is 4.55. The fraction of sp³-hybridized carbons (Fsp3) is 0. The lowest BCUT2D eigenvalue weighted by atomic mass is 9.74. The van der Waals surface area contributed by atoms with Crippen molar-refractivity contribution >= 4 is 34.6 Å². The summed E-state index contributed by atoms with van der Waals surface area (Å²) in [5.41, 5.74) is 5.51. The maximum Gasteiger partial charge on any atom is 0.194 e. The number of Topliss-reactive ketones (excluding diaryl/α,β-unsaturated/α-hetero) is 1. The predicted molar refractivity (Wildman–Crippen MR) is 104 cm³/mol. The Labute approximate surface area is 151 Å². The Hall–Kier alpha value is -2.90. The fourth-order valence-corrected chi connectivity index (χ4v) is 3.21. The fourth-order valence-electron chi connectivity index (χ4n) is 3.08. The van der Waals surface area contributed by atoms with Gasteiger partial charge in [0.2, 0.25) is 0 Å². The van der Waals surface area contributed by atoms with Crippen LogP contribution in [-0.2, 0) is 4.79 Å². The molecular weight excluding hydrogens is 328 g/mol. The number of ketones is 1. The summed E-state index contributed by atoms with van der Waals surface area (Å²) >= 11 is 5.96. The van der Waals surface area contributed by atoms with Crippen LogP contribution in [0.1, 0.15) is 16.7 Å². The van der Waals surface area contributed by atoms with E-state index in [1.165, 1.54) is 0 Å². The Kier molecular flexibility index (Phi) is 4.09. The molecule has 3 aromatic rings. The summed E-state index contributed by atoms with van der Waals surface area (Å²) in [5.74, 6) is 0.0833. The summed E-state index contributed by atoms with van der Waals surface area (Å²) in [5, 5.41) is 0.686. The lowest BCUT2D eigenvalue weighted by Gasteiger charge is -2.27. The molecule has 0 aromatic heterocycles. The van der Waals surface area contributed by atoms with Crippen LogP contribution in [0.15, 0.2) is 90.5 Å². The van der Waals surface area contributed by atoms with Gasteiger partial charge in [-0.1, -0.05) is 84.4 Å². The average Bonchev–Trinajstić information content (AvgIpc) is 2.66. The highest BCUT2D eigenvalue weighted by atomic mass is 35.5. The summed E-state index contributed by atoms with van der Waals surface area (Å²) < 4.78 is 0. The van der Waals surface area contributed by atoms with Gasteiger partial charge in [0.15, 0.2) is 5.78 Å². The van der Waals surface area contributed by atoms with Crippen molar-refractivity contribution < 1.29 is 4.79 Å². The van der Waals surface area contributed by atoms with E-state index in [1.807, 2.05) is 91.0 Å². The smallest absolute Gasteiger partial charge is 0.194 e. The Balaban J connectivity index is 1.87. The number of hydrogen-bond acceptors (Lipinski definition) is 1. The van der Waals surface area contributed by atoms with Crippen LogP contribution >= 0.6 is 11.6 Å². The minimum absolute atomic E-state index is 0.0833. The number of carbonyl (C=O) groups is 1. The lowest BCUT2D eigenvalue weighted by molar-refractivity contribution is -0.110. The molecule has 0 heterocycles. The molecule has 0 atom stereocenters. The predicted octanol–water partition coefficient (Wildman–Crippen LogP) is 5.92. The highest BCUT2D eigenvalue weighted by molar-refractivity contribution is 6.51. The van der Waals surface area contributed by atoms with Crippen molar-refractivity contribution in [2.45, 2.75) is 0 Å². The molecule has 0 bridgehead atoms. The van der Waals surface area contributed by atoms with E-state index < -0.39 is 0 Å². The first-order valence-electron chi connectivity index (χ1n) is 8.11. The molecule has 4 rings (SSSR count). The number of carbonyl (C=O) groups excluding carboxylic acids is 1. The van der Waals surface area contributed by atoms with E-state index in [9.17, 15) is 4.79 Å². The zero-order chi connectivity index (χ0) is 17.2. The third-order valence-electron chi connectivity index (χ3n) is 4.30. The van der Waals surface area contributed by atoms with E-state index in [4.69, 9.17) is 11.6 Å². The maximum absolute atomic E-state index is 12.9. The van der Waals surface area contributed by atoms with Gasteiger partial charge in [-0.15, -0.1) is 0 Å². The molecule has 0 aliphatic heterocycles. The van der Waals surface area contributed by atoms with Crippen LogP contribution in [-0.4, -0.2) is 5.78 Å². The summed E-state index contributed by atoms with van der Waals surface area (Å²) in [6.45, 7) is 0. The zero-order valence-corrected chi connectivity index (χ0v) is 14.2. The largest absolute Gasteiger partial charge is 0.289 e. The molecule has 25 heavy (non-hydrogen) atoms. The van der Waals surface area contributed by atoms with Crippen LogP contribution in [0.4, 0.5) is 0 Å². The SMILES string of the molecule is O=C1C(c2ccccc2)=C(c2ccccc2)/C1=C\c1ccc(Cl)cc1. The molecule has 0 saturated carbocycles. The normalized spacial score (nSPS) is 15.4. The van der Waals surface area contributed by atoms with Crippen molar-refractivity contribution in [3.8, 4) is 0 Å². The Morgan fingerprint density at radius 2 is 1.16 bits per heavy atom. The first-order valence-corrected chi connectivity index (χ1v) is 8.49. The van der Waals surface area contributed by atoms with Crippen molar-refractivity contribution in [3.63, 3.8) is 0 Å². The van der Waals surface area contributed by atoms with E-state index in [1.54, 1.807) is 0 Å². The van der Waals surface area contributed by atoms with Crippen molar-refractivity contribution in [2.75, 3.05) is 0 Å². The standard InChI is InChI=1S/C23H15ClO/c24-19-13-11-16(12-14-19)15-20-21(17-7-3-1-4-8-17)22(23(20)25)18-9-5-2-6-10-18/h1-15H/b20-15+. The average molecular weight is 343 g/mol. The van der Waals surface area contributed by atoms with Crippen molar-refractivity contribution in [3.05, 3.63) is 112 Å². The zero-order valence-electron chi connectivity index (χ0n) is 13.4. The summed E-state index contributed by atoms with van der Waals surface area (Å²) in [6.07, 6.45) is 1.94. The van der Waals surface area contributed by atoms with Gasteiger partial charge in [0.05, 0.1) is 0 Å². The second-order valence-corrected chi connectivity index (χ2v) is 6.36. The molecule has 0 fully saturated rings. The van der Waals surface area contributed by atoms with E-state index in [-0.39, 0.29) is 5.78 Å². The monoisotopic (exact) mass is 342 g/mol. The van der Waals surface area contributed by atoms with Crippen LogP contribution in [0.5, 0.6) is 0 Å². The summed E-state index contributed by atoms with van der Waals surface area (Å²) in [6, 6.07) is 27.4. The molecule has 1 nitrogen and oxygen atoms in total. The highest BCUT2D eigenvalue weighted by Crippen LogP contribution is 2.44. The van der Waals surface area contributed by atoms with Gasteiger partial charge in [-0.05, 0) is 34.9 Å². The van der Waals surface area contributed by atoms with Crippen LogP contribution < -0.4 is 0 Å². The van der Waals surface area contributed by atoms with Gasteiger partial charge in [0.25, 0.3) is 0 Å². The molecule has 0 spiro atoms. The van der Waals surface area contributed by atoms with Gasteiger partial charge in [-0.3, -0.25) is 4.79 Å².